The molecule has 0 aromatic heterocycles. The Kier molecular flexibility index (Phi) is 3.96. The van der Waals surface area contributed by atoms with Crippen LogP contribution in [0, 0.1) is 0 Å². The molecule has 0 aliphatic carbocycles. The monoisotopic (exact) mass is 330 g/mol. The van der Waals surface area contributed by atoms with E-state index in [-0.39, 0.29) is 5.75 Å². The fourth-order valence-electron chi connectivity index (χ4n) is 3.18. The summed E-state index contributed by atoms with van der Waals surface area (Å²) in [4.78, 5) is 4.12. The van der Waals surface area contributed by atoms with Crippen LogP contribution < -0.4 is 5.32 Å². The lowest BCUT2D eigenvalue weighted by Crippen LogP contribution is -2.22. The van der Waals surface area contributed by atoms with Crippen LogP contribution in [-0.4, -0.2) is 16.6 Å². The highest BCUT2D eigenvalue weighted by Gasteiger charge is 2.20. The molecule has 3 aromatic carbocycles. The third-order valence-corrected chi connectivity index (χ3v) is 4.41. The van der Waals surface area contributed by atoms with E-state index in [1.807, 2.05) is 42.5 Å². The first-order valence-electron chi connectivity index (χ1n) is 8.18. The summed E-state index contributed by atoms with van der Waals surface area (Å²) in [6, 6.07) is 22.0. The van der Waals surface area contributed by atoms with Crippen molar-refractivity contribution in [1.29, 1.82) is 0 Å². The molecule has 3 aromatic rings. The van der Waals surface area contributed by atoms with Gasteiger partial charge in [0.1, 0.15) is 11.4 Å². The molecule has 4 nitrogen and oxygen atoms in total. The van der Waals surface area contributed by atoms with E-state index in [1.165, 1.54) is 11.9 Å². The van der Waals surface area contributed by atoms with Crippen LogP contribution in [0.15, 0.2) is 71.7 Å². The van der Waals surface area contributed by atoms with Gasteiger partial charge >= 0.3 is 0 Å². The van der Waals surface area contributed by atoms with E-state index < -0.39 is 6.23 Å². The minimum atomic E-state index is -0.875. The Balaban J connectivity index is 1.80. The lowest BCUT2D eigenvalue weighted by Gasteiger charge is -2.20. The quantitative estimate of drug-likeness (QED) is 0.682. The Bertz CT molecular complexity index is 936. The van der Waals surface area contributed by atoms with Crippen LogP contribution in [0.3, 0.4) is 0 Å². The third-order valence-electron chi connectivity index (χ3n) is 4.41. The van der Waals surface area contributed by atoms with Crippen molar-refractivity contribution in [3.05, 3.63) is 83.4 Å². The second-order valence-electron chi connectivity index (χ2n) is 6.08. The Morgan fingerprint density at radius 3 is 2.56 bits per heavy atom. The second kappa shape index (κ2) is 6.42. The SMILES string of the molecule is Oc1cc(-c2ccccc2Cc2ccccc2)cc2c1N=CNC2O. The highest BCUT2D eigenvalue weighted by molar-refractivity contribution is 5.78. The summed E-state index contributed by atoms with van der Waals surface area (Å²) in [5.41, 5.74) is 5.27. The molecule has 0 saturated carbocycles. The molecule has 1 unspecified atom stereocenters. The van der Waals surface area contributed by atoms with Gasteiger partial charge in [-0.25, -0.2) is 4.99 Å². The maximum atomic E-state index is 10.3. The number of phenolic OH excluding ortho intramolecular Hbond substituents is 1. The Morgan fingerprint density at radius 2 is 1.72 bits per heavy atom. The van der Waals surface area contributed by atoms with E-state index in [2.05, 4.69) is 28.5 Å². The summed E-state index contributed by atoms with van der Waals surface area (Å²) in [6.45, 7) is 0. The fraction of sp³-hybridized carbons (Fsp3) is 0.0952. The lowest BCUT2D eigenvalue weighted by atomic mass is 9.93. The molecule has 1 aliphatic heterocycles. The standard InChI is InChI=1S/C21H18N2O2/c24-19-12-16(11-18-20(19)22-13-23-21(18)25)17-9-5-4-8-15(17)10-14-6-2-1-3-7-14/h1-9,11-13,21,24-25H,10H2,(H,22,23). The highest BCUT2D eigenvalue weighted by Crippen LogP contribution is 2.40. The molecule has 0 fully saturated rings. The van der Waals surface area contributed by atoms with E-state index in [1.54, 1.807) is 6.07 Å². The molecule has 4 heteroatoms. The van der Waals surface area contributed by atoms with Crippen LogP contribution in [-0.2, 0) is 6.42 Å². The molecule has 25 heavy (non-hydrogen) atoms. The molecule has 0 spiro atoms. The van der Waals surface area contributed by atoms with Crippen molar-refractivity contribution in [1.82, 2.24) is 5.32 Å². The van der Waals surface area contributed by atoms with Crippen LogP contribution in [0.2, 0.25) is 0 Å². The number of nitrogens with one attached hydrogen (secondary N) is 1. The number of rotatable bonds is 3. The van der Waals surface area contributed by atoms with E-state index >= 15 is 0 Å². The van der Waals surface area contributed by atoms with Gasteiger partial charge in [-0.15, -0.1) is 0 Å². The van der Waals surface area contributed by atoms with Gasteiger partial charge in [-0.1, -0.05) is 54.6 Å². The van der Waals surface area contributed by atoms with Crippen LogP contribution in [0.1, 0.15) is 22.9 Å². The number of aliphatic imine (C=N–C) groups is 1. The number of benzene rings is 3. The zero-order chi connectivity index (χ0) is 17.2. The number of fused-ring (bicyclic) bond motifs is 1. The second-order valence-corrected chi connectivity index (χ2v) is 6.08. The number of hydrogen-bond donors (Lipinski definition) is 3. The van der Waals surface area contributed by atoms with Crippen molar-refractivity contribution in [2.45, 2.75) is 12.6 Å². The minimum absolute atomic E-state index is 0.0683. The number of aliphatic hydroxyl groups excluding tert-OH is 1. The van der Waals surface area contributed by atoms with Crippen LogP contribution >= 0.6 is 0 Å². The predicted molar refractivity (Wildman–Crippen MR) is 99.0 cm³/mol. The normalized spacial score (nSPS) is 15.5. The Morgan fingerprint density at radius 1 is 0.960 bits per heavy atom. The average molecular weight is 330 g/mol. The zero-order valence-corrected chi connectivity index (χ0v) is 13.6. The summed E-state index contributed by atoms with van der Waals surface area (Å²) < 4.78 is 0. The first kappa shape index (κ1) is 15.4. The van der Waals surface area contributed by atoms with Crippen molar-refractivity contribution in [2.75, 3.05) is 0 Å². The van der Waals surface area contributed by atoms with Gasteiger partial charge in [-0.3, -0.25) is 0 Å². The van der Waals surface area contributed by atoms with Crippen molar-refractivity contribution in [3.63, 3.8) is 0 Å². The summed E-state index contributed by atoms with van der Waals surface area (Å²) >= 11 is 0. The molecule has 0 saturated heterocycles. The molecular formula is C21H18N2O2. The molecule has 1 atom stereocenters. The molecule has 124 valence electrons. The summed E-state index contributed by atoms with van der Waals surface area (Å²) in [6.07, 6.45) is 1.32. The maximum absolute atomic E-state index is 10.3. The first-order chi connectivity index (χ1) is 12.2. The minimum Gasteiger partial charge on any atom is -0.506 e. The van der Waals surface area contributed by atoms with Gasteiger partial charge in [0.05, 0.1) is 6.34 Å². The van der Waals surface area contributed by atoms with E-state index in [0.29, 0.717) is 11.3 Å². The third kappa shape index (κ3) is 2.99. The largest absolute Gasteiger partial charge is 0.506 e. The number of hydrogen-bond acceptors (Lipinski definition) is 4. The molecule has 0 bridgehead atoms. The highest BCUT2D eigenvalue weighted by atomic mass is 16.3. The van der Waals surface area contributed by atoms with Crippen LogP contribution in [0.5, 0.6) is 5.75 Å². The molecular weight excluding hydrogens is 312 g/mol. The van der Waals surface area contributed by atoms with Gasteiger partial charge in [-0.2, -0.15) is 0 Å². The fourth-order valence-corrected chi connectivity index (χ4v) is 3.18. The van der Waals surface area contributed by atoms with E-state index in [0.717, 1.165) is 23.1 Å². The van der Waals surface area contributed by atoms with E-state index in [4.69, 9.17) is 0 Å². The first-order valence-corrected chi connectivity index (χ1v) is 8.18. The van der Waals surface area contributed by atoms with Crippen molar-refractivity contribution in [3.8, 4) is 16.9 Å². The van der Waals surface area contributed by atoms with Gasteiger partial charge in [-0.05, 0) is 40.8 Å². The van der Waals surface area contributed by atoms with Crippen LogP contribution in [0.4, 0.5) is 5.69 Å². The van der Waals surface area contributed by atoms with Crippen molar-refractivity contribution in [2.24, 2.45) is 4.99 Å². The molecule has 1 heterocycles. The molecule has 0 amide bonds. The van der Waals surface area contributed by atoms with E-state index in [9.17, 15) is 10.2 Å². The van der Waals surface area contributed by atoms with Crippen LogP contribution in [0.25, 0.3) is 11.1 Å². The van der Waals surface area contributed by atoms with Gasteiger partial charge in [0.2, 0.25) is 0 Å². The predicted octanol–water partition coefficient (Wildman–Crippen LogP) is 3.90. The van der Waals surface area contributed by atoms with Gasteiger partial charge in [0, 0.05) is 5.56 Å². The molecule has 4 rings (SSSR count). The maximum Gasteiger partial charge on any atom is 0.153 e. The lowest BCUT2D eigenvalue weighted by molar-refractivity contribution is 0.163. The number of aliphatic hydroxyl groups is 1. The topological polar surface area (TPSA) is 64.9 Å². The number of phenols is 1. The summed E-state index contributed by atoms with van der Waals surface area (Å²) in [5, 5.41) is 23.2. The van der Waals surface area contributed by atoms with Gasteiger partial charge < -0.3 is 15.5 Å². The number of aromatic hydroxyl groups is 1. The zero-order valence-electron chi connectivity index (χ0n) is 13.6. The summed E-state index contributed by atoms with van der Waals surface area (Å²) in [5.74, 6) is 0.0683. The van der Waals surface area contributed by atoms with Crippen molar-refractivity contribution >= 4 is 12.0 Å². The van der Waals surface area contributed by atoms with Gasteiger partial charge in [0.25, 0.3) is 0 Å². The number of nitrogens with zero attached hydrogens (tertiary/aromatic N) is 1. The Labute approximate surface area is 146 Å². The molecule has 3 N–H and O–H groups in total. The smallest absolute Gasteiger partial charge is 0.153 e. The Hall–Kier alpha value is -3.11. The summed E-state index contributed by atoms with van der Waals surface area (Å²) in [7, 11) is 0. The average Bonchev–Trinajstić information content (AvgIpc) is 2.64. The molecule has 0 radical (unpaired) electrons. The molecule has 1 aliphatic rings. The van der Waals surface area contributed by atoms with Gasteiger partial charge in [0.15, 0.2) is 6.23 Å². The van der Waals surface area contributed by atoms with Crippen molar-refractivity contribution < 1.29 is 10.2 Å².